The number of guanidine groups is 1. The number of benzene rings is 1. The largest absolute Gasteiger partial charge is 0.497 e. The van der Waals surface area contributed by atoms with Gasteiger partial charge in [0, 0.05) is 38.9 Å². The number of rotatable bonds is 8. The molecule has 0 spiro atoms. The predicted octanol–water partition coefficient (Wildman–Crippen LogP) is 4.08. The molecule has 1 aliphatic heterocycles. The number of hydrogen-bond donors (Lipinski definition) is 2. The lowest BCUT2D eigenvalue weighted by Gasteiger charge is -2.31. The number of nitrogens with zero attached hydrogens (tertiary/aromatic N) is 3. The molecule has 1 unspecified atom stereocenters. The van der Waals surface area contributed by atoms with Gasteiger partial charge in [0.25, 0.3) is 0 Å². The molecule has 0 amide bonds. The number of ether oxygens (including phenoxy) is 2. The van der Waals surface area contributed by atoms with Crippen LogP contribution in [0.25, 0.3) is 0 Å². The van der Waals surface area contributed by atoms with Crippen molar-refractivity contribution in [2.24, 2.45) is 10.9 Å². The number of methoxy groups -OCH3 is 1. The molecule has 176 valence electrons. The number of aromatic nitrogens is 1. The van der Waals surface area contributed by atoms with E-state index in [0.717, 1.165) is 47.8 Å². The van der Waals surface area contributed by atoms with Crippen molar-refractivity contribution in [1.82, 2.24) is 15.6 Å². The molecule has 7 nitrogen and oxygen atoms in total. The van der Waals surface area contributed by atoms with Crippen LogP contribution in [-0.2, 0) is 6.54 Å². The zero-order valence-electron chi connectivity index (χ0n) is 19.5. The van der Waals surface area contributed by atoms with E-state index in [9.17, 15) is 0 Å². The van der Waals surface area contributed by atoms with Crippen LogP contribution in [0.2, 0.25) is 0 Å². The summed E-state index contributed by atoms with van der Waals surface area (Å²) in [5.41, 5.74) is 1.12. The van der Waals surface area contributed by atoms with E-state index < -0.39 is 0 Å². The lowest BCUT2D eigenvalue weighted by atomic mass is 9.99. The molecular weight excluding hydrogens is 517 g/mol. The second kappa shape index (κ2) is 13.3. The highest BCUT2D eigenvalue weighted by Gasteiger charge is 2.16. The van der Waals surface area contributed by atoms with Gasteiger partial charge in [0.2, 0.25) is 0 Å². The summed E-state index contributed by atoms with van der Waals surface area (Å²) in [5, 5.41) is 6.65. The molecule has 1 aliphatic rings. The molecule has 32 heavy (non-hydrogen) atoms. The first kappa shape index (κ1) is 26.0. The van der Waals surface area contributed by atoms with Crippen molar-refractivity contribution in [3.8, 4) is 11.5 Å². The molecule has 1 atom stereocenters. The number of pyridine rings is 1. The summed E-state index contributed by atoms with van der Waals surface area (Å²) in [4.78, 5) is 11.3. The van der Waals surface area contributed by atoms with Crippen molar-refractivity contribution < 1.29 is 9.47 Å². The van der Waals surface area contributed by atoms with Crippen LogP contribution in [0.15, 0.2) is 47.6 Å². The van der Waals surface area contributed by atoms with Gasteiger partial charge in [0.05, 0.1) is 13.7 Å². The molecule has 2 heterocycles. The number of aliphatic imine (C=N–C) groups is 1. The zero-order chi connectivity index (χ0) is 22.1. The monoisotopic (exact) mass is 553 g/mol. The maximum absolute atomic E-state index is 5.95. The Labute approximate surface area is 209 Å². The van der Waals surface area contributed by atoms with Gasteiger partial charge in [-0.1, -0.05) is 19.1 Å². The fourth-order valence-electron chi connectivity index (χ4n) is 3.54. The van der Waals surface area contributed by atoms with Gasteiger partial charge in [0.15, 0.2) is 5.96 Å². The lowest BCUT2D eigenvalue weighted by molar-refractivity contribution is 0.223. The lowest BCUT2D eigenvalue weighted by Crippen LogP contribution is -2.41. The maximum atomic E-state index is 5.95. The van der Waals surface area contributed by atoms with Gasteiger partial charge in [0.1, 0.15) is 23.4 Å². The third-order valence-corrected chi connectivity index (χ3v) is 5.54. The number of piperidine rings is 1. The van der Waals surface area contributed by atoms with E-state index in [2.05, 4.69) is 44.6 Å². The summed E-state index contributed by atoms with van der Waals surface area (Å²) in [7, 11) is 3.42. The summed E-state index contributed by atoms with van der Waals surface area (Å²) in [6, 6.07) is 11.9. The van der Waals surface area contributed by atoms with Crippen molar-refractivity contribution in [2.45, 2.75) is 39.3 Å². The summed E-state index contributed by atoms with van der Waals surface area (Å²) in [6.07, 6.45) is 4.40. The Morgan fingerprint density at radius 2 is 1.94 bits per heavy atom. The molecule has 2 N–H and O–H groups in total. The zero-order valence-corrected chi connectivity index (χ0v) is 21.8. The molecule has 1 fully saturated rings. The summed E-state index contributed by atoms with van der Waals surface area (Å²) < 4.78 is 11.2. The van der Waals surface area contributed by atoms with Crippen LogP contribution in [0.1, 0.15) is 32.3 Å². The molecule has 1 saturated heterocycles. The Balaban J connectivity index is 0.00000363. The van der Waals surface area contributed by atoms with Crippen LogP contribution in [0, 0.1) is 5.92 Å². The van der Waals surface area contributed by atoms with Crippen molar-refractivity contribution in [2.75, 3.05) is 38.7 Å². The van der Waals surface area contributed by atoms with E-state index in [1.54, 1.807) is 14.2 Å². The minimum absolute atomic E-state index is 0. The highest BCUT2D eigenvalue weighted by atomic mass is 127. The fourth-order valence-corrected chi connectivity index (χ4v) is 3.54. The first-order valence-electron chi connectivity index (χ1n) is 11.0. The quantitative estimate of drug-likeness (QED) is 0.292. The topological polar surface area (TPSA) is 71.0 Å². The average molecular weight is 553 g/mol. The average Bonchev–Trinajstić information content (AvgIpc) is 2.80. The molecule has 2 aromatic rings. The van der Waals surface area contributed by atoms with Gasteiger partial charge in [-0.15, -0.1) is 24.0 Å². The molecule has 0 bridgehead atoms. The third-order valence-electron chi connectivity index (χ3n) is 5.54. The normalized spacial score (nSPS) is 15.5. The molecule has 1 aromatic carbocycles. The van der Waals surface area contributed by atoms with Crippen LogP contribution >= 0.6 is 24.0 Å². The van der Waals surface area contributed by atoms with Crippen molar-refractivity contribution in [3.05, 3.63) is 48.2 Å². The minimum atomic E-state index is -0.0288. The van der Waals surface area contributed by atoms with Crippen LogP contribution < -0.4 is 25.0 Å². The second-order valence-corrected chi connectivity index (χ2v) is 8.11. The highest BCUT2D eigenvalue weighted by Crippen LogP contribution is 2.21. The van der Waals surface area contributed by atoms with Crippen molar-refractivity contribution in [1.29, 1.82) is 0 Å². The van der Waals surface area contributed by atoms with Crippen LogP contribution in [0.5, 0.6) is 11.5 Å². The Hall–Kier alpha value is -2.23. The molecule has 3 rings (SSSR count). The van der Waals surface area contributed by atoms with Gasteiger partial charge in [-0.2, -0.15) is 0 Å². The Bertz CT molecular complexity index is 839. The van der Waals surface area contributed by atoms with E-state index >= 15 is 0 Å². The Morgan fingerprint density at radius 1 is 1.19 bits per heavy atom. The van der Waals surface area contributed by atoms with Gasteiger partial charge in [-0.25, -0.2) is 4.98 Å². The first-order chi connectivity index (χ1) is 15.1. The number of nitrogens with one attached hydrogen (secondary N) is 2. The molecule has 1 aromatic heterocycles. The van der Waals surface area contributed by atoms with Gasteiger partial charge < -0.3 is 25.0 Å². The summed E-state index contributed by atoms with van der Waals surface area (Å²) in [6.45, 7) is 7.82. The summed E-state index contributed by atoms with van der Waals surface area (Å²) in [5.74, 6) is 4.19. The van der Waals surface area contributed by atoms with Crippen LogP contribution in [0.4, 0.5) is 5.82 Å². The number of anilines is 1. The predicted molar refractivity (Wildman–Crippen MR) is 142 cm³/mol. The van der Waals surface area contributed by atoms with Crippen molar-refractivity contribution >= 4 is 35.8 Å². The fraction of sp³-hybridized carbons (Fsp3) is 0.500. The van der Waals surface area contributed by atoms with Crippen LogP contribution in [-0.4, -0.2) is 50.8 Å². The van der Waals surface area contributed by atoms with E-state index in [1.165, 1.54) is 12.8 Å². The van der Waals surface area contributed by atoms with Gasteiger partial charge in [-0.3, -0.25) is 4.99 Å². The van der Waals surface area contributed by atoms with E-state index in [4.69, 9.17) is 9.47 Å². The molecule has 0 radical (unpaired) electrons. The summed E-state index contributed by atoms with van der Waals surface area (Å²) >= 11 is 0. The first-order valence-corrected chi connectivity index (χ1v) is 11.0. The Morgan fingerprint density at radius 3 is 2.59 bits per heavy atom. The van der Waals surface area contributed by atoms with E-state index in [1.807, 2.05) is 37.4 Å². The smallest absolute Gasteiger partial charge is 0.191 e. The van der Waals surface area contributed by atoms with E-state index in [-0.39, 0.29) is 30.1 Å². The Kier molecular flexibility index (Phi) is 10.9. The van der Waals surface area contributed by atoms with E-state index in [0.29, 0.717) is 13.1 Å². The van der Waals surface area contributed by atoms with Gasteiger partial charge in [-0.05, 0) is 49.4 Å². The SMILES string of the molecule is CN=C(NCc1ccc(N2CCC(C)CC2)nc1)NCC(C)Oc1cccc(OC)c1.I. The standard InChI is InChI=1S/C24H35N5O2.HI/c1-18-10-12-29(13-11-18)23-9-8-20(16-26-23)17-28-24(25-3)27-15-19(2)31-22-7-5-6-21(14-22)30-4;/h5-9,14,16,18-19H,10-13,15,17H2,1-4H3,(H2,25,27,28);1H. The number of hydrogen-bond acceptors (Lipinski definition) is 5. The highest BCUT2D eigenvalue weighted by molar-refractivity contribution is 14.0. The third kappa shape index (κ3) is 8.03. The molecule has 8 heteroatoms. The van der Waals surface area contributed by atoms with Crippen LogP contribution in [0.3, 0.4) is 0 Å². The molecule has 0 aliphatic carbocycles. The molecule has 0 saturated carbocycles. The van der Waals surface area contributed by atoms with Gasteiger partial charge >= 0.3 is 0 Å². The molecular formula is C24H36IN5O2. The van der Waals surface area contributed by atoms with Crippen molar-refractivity contribution in [3.63, 3.8) is 0 Å². The number of halogens is 1. The minimum Gasteiger partial charge on any atom is -0.497 e. The second-order valence-electron chi connectivity index (χ2n) is 8.11. The maximum Gasteiger partial charge on any atom is 0.191 e.